The van der Waals surface area contributed by atoms with Gasteiger partial charge in [-0.15, -0.1) is 0 Å². The number of amides is 1. The molecular formula is C19H22N2O3S. The molecule has 0 unspecified atom stereocenters. The lowest BCUT2D eigenvalue weighted by Crippen LogP contribution is -2.27. The van der Waals surface area contributed by atoms with E-state index in [-0.39, 0.29) is 0 Å². The van der Waals surface area contributed by atoms with Crippen molar-refractivity contribution in [3.05, 3.63) is 42.5 Å². The van der Waals surface area contributed by atoms with Crippen molar-refractivity contribution in [1.82, 2.24) is 4.57 Å². The average Bonchev–Trinajstić information content (AvgIpc) is 2.87. The second-order valence-electron chi connectivity index (χ2n) is 6.40. The molecular weight excluding hydrogens is 336 g/mol. The van der Waals surface area contributed by atoms with E-state index < -0.39 is 26.7 Å². The van der Waals surface area contributed by atoms with Crippen LogP contribution in [0.25, 0.3) is 21.8 Å². The molecule has 0 aliphatic heterocycles. The lowest BCUT2D eigenvalue weighted by atomic mass is 10.1. The van der Waals surface area contributed by atoms with Crippen LogP contribution in [-0.4, -0.2) is 29.9 Å². The van der Waals surface area contributed by atoms with Gasteiger partial charge in [-0.3, -0.25) is 4.79 Å². The van der Waals surface area contributed by atoms with Crippen molar-refractivity contribution in [3.8, 4) is 0 Å². The van der Waals surface area contributed by atoms with E-state index in [0.29, 0.717) is 5.69 Å². The number of aryl methyl sites for hydroxylation is 1. The summed E-state index contributed by atoms with van der Waals surface area (Å²) in [7, 11) is -3.41. The molecule has 1 N–H and O–H groups in total. The lowest BCUT2D eigenvalue weighted by molar-refractivity contribution is -0.113. The predicted octanol–water partition coefficient (Wildman–Crippen LogP) is 3.58. The summed E-state index contributed by atoms with van der Waals surface area (Å²) >= 11 is 0. The topological polar surface area (TPSA) is 68.2 Å². The Balaban J connectivity index is 1.97. The Kier molecular flexibility index (Phi) is 4.56. The van der Waals surface area contributed by atoms with Crippen LogP contribution in [0.1, 0.15) is 20.8 Å². The van der Waals surface area contributed by atoms with Gasteiger partial charge in [0, 0.05) is 34.0 Å². The van der Waals surface area contributed by atoms with Crippen molar-refractivity contribution in [2.24, 2.45) is 0 Å². The second-order valence-corrected chi connectivity index (χ2v) is 8.95. The standard InChI is InChI=1S/C19H22N2O3S/c1-4-21-17-8-6-5-7-15(17)16-11-14(9-10-18(16)21)20-19(22)12-25(23,24)13(2)3/h5-11,13H,4,12H2,1-3H3,(H,20,22). The van der Waals surface area contributed by atoms with Crippen LogP contribution in [0.4, 0.5) is 5.69 Å². The van der Waals surface area contributed by atoms with E-state index in [0.717, 1.165) is 28.4 Å². The fourth-order valence-electron chi connectivity index (χ4n) is 3.02. The van der Waals surface area contributed by atoms with Crippen molar-refractivity contribution in [2.45, 2.75) is 32.6 Å². The number of hydrogen-bond donors (Lipinski definition) is 1. The molecule has 0 radical (unpaired) electrons. The van der Waals surface area contributed by atoms with E-state index in [1.165, 1.54) is 0 Å². The average molecular weight is 358 g/mol. The number of rotatable bonds is 5. The molecule has 132 valence electrons. The van der Waals surface area contributed by atoms with Crippen molar-refractivity contribution < 1.29 is 13.2 Å². The van der Waals surface area contributed by atoms with Gasteiger partial charge in [0.15, 0.2) is 9.84 Å². The highest BCUT2D eigenvalue weighted by Crippen LogP contribution is 2.30. The number of fused-ring (bicyclic) bond motifs is 3. The number of aromatic nitrogens is 1. The Morgan fingerprint density at radius 3 is 2.44 bits per heavy atom. The van der Waals surface area contributed by atoms with Crippen LogP contribution in [-0.2, 0) is 21.2 Å². The summed E-state index contributed by atoms with van der Waals surface area (Å²) in [4.78, 5) is 12.1. The maximum absolute atomic E-state index is 12.1. The Morgan fingerprint density at radius 1 is 1.08 bits per heavy atom. The van der Waals surface area contributed by atoms with Crippen LogP contribution in [0, 0.1) is 0 Å². The third-order valence-corrected chi connectivity index (χ3v) is 6.52. The van der Waals surface area contributed by atoms with E-state index in [1.54, 1.807) is 13.8 Å². The molecule has 3 aromatic rings. The molecule has 0 saturated heterocycles. The Hall–Kier alpha value is -2.34. The summed E-state index contributed by atoms with van der Waals surface area (Å²) in [5.74, 6) is -1.01. The molecule has 1 amide bonds. The minimum Gasteiger partial charge on any atom is -0.341 e. The lowest BCUT2D eigenvalue weighted by Gasteiger charge is -2.09. The number of hydrogen-bond acceptors (Lipinski definition) is 3. The summed E-state index contributed by atoms with van der Waals surface area (Å²) in [6.45, 7) is 6.10. The number of carbonyl (C=O) groups is 1. The highest BCUT2D eigenvalue weighted by molar-refractivity contribution is 7.92. The van der Waals surface area contributed by atoms with Crippen LogP contribution < -0.4 is 5.32 Å². The first-order valence-electron chi connectivity index (χ1n) is 8.36. The number of anilines is 1. The smallest absolute Gasteiger partial charge is 0.239 e. The first kappa shape index (κ1) is 17.5. The van der Waals surface area contributed by atoms with Gasteiger partial charge >= 0.3 is 0 Å². The molecule has 6 heteroatoms. The molecule has 25 heavy (non-hydrogen) atoms. The molecule has 0 atom stereocenters. The summed E-state index contributed by atoms with van der Waals surface area (Å²) < 4.78 is 26.0. The van der Waals surface area contributed by atoms with Crippen LogP contribution >= 0.6 is 0 Å². The molecule has 0 saturated carbocycles. The SMILES string of the molecule is CCn1c2ccccc2c2cc(NC(=O)CS(=O)(=O)C(C)C)ccc21. The molecule has 0 spiro atoms. The van der Waals surface area contributed by atoms with E-state index >= 15 is 0 Å². The van der Waals surface area contributed by atoms with Gasteiger partial charge in [0.05, 0.1) is 5.25 Å². The number of carbonyl (C=O) groups excluding carboxylic acids is 1. The van der Waals surface area contributed by atoms with Crippen LogP contribution in [0.15, 0.2) is 42.5 Å². The molecule has 2 aromatic carbocycles. The number of nitrogens with zero attached hydrogens (tertiary/aromatic N) is 1. The first-order chi connectivity index (χ1) is 11.8. The van der Waals surface area contributed by atoms with E-state index in [1.807, 2.05) is 30.3 Å². The second kappa shape index (κ2) is 6.52. The summed E-state index contributed by atoms with van der Waals surface area (Å²) in [5, 5.41) is 4.30. The van der Waals surface area contributed by atoms with Gasteiger partial charge in [-0.1, -0.05) is 18.2 Å². The maximum atomic E-state index is 12.1. The van der Waals surface area contributed by atoms with Gasteiger partial charge < -0.3 is 9.88 Å². The van der Waals surface area contributed by atoms with Crippen molar-refractivity contribution in [3.63, 3.8) is 0 Å². The molecule has 0 bridgehead atoms. The first-order valence-corrected chi connectivity index (χ1v) is 10.1. The maximum Gasteiger partial charge on any atom is 0.239 e. The van der Waals surface area contributed by atoms with Gasteiger partial charge in [0.25, 0.3) is 0 Å². The van der Waals surface area contributed by atoms with Gasteiger partial charge in [0.2, 0.25) is 5.91 Å². The molecule has 1 aromatic heterocycles. The van der Waals surface area contributed by atoms with E-state index in [9.17, 15) is 13.2 Å². The third-order valence-electron chi connectivity index (χ3n) is 4.42. The summed E-state index contributed by atoms with van der Waals surface area (Å²) in [6.07, 6.45) is 0. The van der Waals surface area contributed by atoms with Crippen molar-refractivity contribution in [1.29, 1.82) is 0 Å². The fraction of sp³-hybridized carbons (Fsp3) is 0.316. The van der Waals surface area contributed by atoms with E-state index in [2.05, 4.69) is 28.9 Å². The quantitative estimate of drug-likeness (QED) is 0.758. The molecule has 0 aliphatic rings. The largest absolute Gasteiger partial charge is 0.341 e. The molecule has 3 rings (SSSR count). The molecule has 5 nitrogen and oxygen atoms in total. The van der Waals surface area contributed by atoms with Gasteiger partial charge in [-0.25, -0.2) is 8.42 Å². The van der Waals surface area contributed by atoms with Crippen LogP contribution in [0.2, 0.25) is 0 Å². The monoisotopic (exact) mass is 358 g/mol. The van der Waals surface area contributed by atoms with Crippen molar-refractivity contribution in [2.75, 3.05) is 11.1 Å². The van der Waals surface area contributed by atoms with Crippen LogP contribution in [0.3, 0.4) is 0 Å². The van der Waals surface area contributed by atoms with Gasteiger partial charge in [-0.2, -0.15) is 0 Å². The van der Waals surface area contributed by atoms with Gasteiger partial charge in [0.1, 0.15) is 5.75 Å². The normalized spacial score (nSPS) is 12.2. The zero-order chi connectivity index (χ0) is 18.2. The van der Waals surface area contributed by atoms with E-state index in [4.69, 9.17) is 0 Å². The predicted molar refractivity (Wildman–Crippen MR) is 103 cm³/mol. The number of sulfone groups is 1. The highest BCUT2D eigenvalue weighted by Gasteiger charge is 2.21. The fourth-order valence-corrected chi connectivity index (χ4v) is 3.79. The zero-order valence-electron chi connectivity index (χ0n) is 14.6. The Labute approximate surface area is 147 Å². The molecule has 1 heterocycles. The summed E-state index contributed by atoms with van der Waals surface area (Å²) in [6, 6.07) is 13.8. The number of benzene rings is 2. The third kappa shape index (κ3) is 3.26. The molecule has 0 aliphatic carbocycles. The minimum atomic E-state index is -3.41. The Bertz CT molecular complexity index is 1050. The minimum absolute atomic E-state index is 0.501. The zero-order valence-corrected chi connectivity index (χ0v) is 15.4. The number of nitrogens with one attached hydrogen (secondary N) is 1. The van der Waals surface area contributed by atoms with Gasteiger partial charge in [-0.05, 0) is 45.0 Å². The highest BCUT2D eigenvalue weighted by atomic mass is 32.2. The summed E-state index contributed by atoms with van der Waals surface area (Å²) in [5.41, 5.74) is 2.85. The Morgan fingerprint density at radius 2 is 1.76 bits per heavy atom. The van der Waals surface area contributed by atoms with Crippen LogP contribution in [0.5, 0.6) is 0 Å². The number of para-hydroxylation sites is 1. The molecule has 0 fully saturated rings. The van der Waals surface area contributed by atoms with Crippen molar-refractivity contribution >= 4 is 43.2 Å².